The number of ether oxygens (including phenoxy) is 1. The number of anilines is 1. The molecule has 152 valence electrons. The molecule has 0 aliphatic heterocycles. The van der Waals surface area contributed by atoms with Crippen LogP contribution in [0.1, 0.15) is 20.7 Å². The molecule has 2 amide bonds. The zero-order valence-electron chi connectivity index (χ0n) is 16.2. The largest absolute Gasteiger partial charge is 0.438 e. The van der Waals surface area contributed by atoms with Gasteiger partial charge in [-0.05, 0) is 60.7 Å². The molecule has 0 saturated carbocycles. The first-order valence-corrected chi connectivity index (χ1v) is 9.31. The predicted molar refractivity (Wildman–Crippen MR) is 115 cm³/mol. The van der Waals surface area contributed by atoms with E-state index in [4.69, 9.17) is 10.5 Å². The minimum absolute atomic E-state index is 0.325. The summed E-state index contributed by atoms with van der Waals surface area (Å²) in [4.78, 5) is 36.3. The fourth-order valence-corrected chi connectivity index (χ4v) is 2.85. The number of hydrogen-bond acceptors (Lipinski definition) is 6. The summed E-state index contributed by atoms with van der Waals surface area (Å²) in [5, 5.41) is 2.77. The van der Waals surface area contributed by atoms with E-state index in [0.717, 1.165) is 0 Å². The molecule has 0 saturated heterocycles. The van der Waals surface area contributed by atoms with Gasteiger partial charge in [0.1, 0.15) is 12.1 Å². The average molecular weight is 411 g/mol. The number of rotatable bonds is 6. The minimum Gasteiger partial charge on any atom is -0.438 e. The molecule has 0 radical (unpaired) electrons. The topological polar surface area (TPSA) is 120 Å². The number of carbonyl (C=O) groups excluding carboxylic acids is 2. The summed E-state index contributed by atoms with van der Waals surface area (Å²) in [5.41, 5.74) is 7.91. The Hall–Kier alpha value is -4.59. The third-order valence-electron chi connectivity index (χ3n) is 4.37. The second-order valence-corrected chi connectivity index (χ2v) is 6.48. The first kappa shape index (κ1) is 19.7. The van der Waals surface area contributed by atoms with Gasteiger partial charge in [0.25, 0.3) is 5.91 Å². The van der Waals surface area contributed by atoms with E-state index in [1.54, 1.807) is 73.1 Å². The Morgan fingerprint density at radius 2 is 1.71 bits per heavy atom. The molecule has 0 aliphatic rings. The van der Waals surface area contributed by atoms with Gasteiger partial charge in [-0.15, -0.1) is 0 Å². The second-order valence-electron chi connectivity index (χ2n) is 6.48. The van der Waals surface area contributed by atoms with Gasteiger partial charge in [0.05, 0.1) is 11.3 Å². The Morgan fingerprint density at radius 3 is 2.45 bits per heavy atom. The van der Waals surface area contributed by atoms with Gasteiger partial charge in [-0.2, -0.15) is 0 Å². The molecule has 0 atom stereocenters. The van der Waals surface area contributed by atoms with Crippen LogP contribution in [-0.2, 0) is 0 Å². The van der Waals surface area contributed by atoms with E-state index in [9.17, 15) is 9.59 Å². The second kappa shape index (κ2) is 8.83. The lowest BCUT2D eigenvalue weighted by molar-refractivity contribution is 0.0998. The Kier molecular flexibility index (Phi) is 5.62. The van der Waals surface area contributed by atoms with E-state index in [2.05, 4.69) is 20.3 Å². The number of aromatic nitrogens is 3. The Morgan fingerprint density at radius 1 is 0.871 bits per heavy atom. The van der Waals surface area contributed by atoms with Gasteiger partial charge in [-0.1, -0.05) is 6.07 Å². The number of nitrogens with two attached hydrogens (primary N) is 1. The van der Waals surface area contributed by atoms with Crippen molar-refractivity contribution in [1.82, 2.24) is 15.0 Å². The highest BCUT2D eigenvalue weighted by Gasteiger charge is 2.12. The van der Waals surface area contributed by atoms with Crippen LogP contribution in [0.3, 0.4) is 0 Å². The van der Waals surface area contributed by atoms with Crippen molar-refractivity contribution in [2.24, 2.45) is 5.73 Å². The van der Waals surface area contributed by atoms with Crippen molar-refractivity contribution in [2.75, 3.05) is 5.32 Å². The molecule has 0 bridgehead atoms. The highest BCUT2D eigenvalue weighted by molar-refractivity contribution is 6.04. The van der Waals surface area contributed by atoms with E-state index >= 15 is 0 Å². The highest BCUT2D eigenvalue weighted by atomic mass is 16.5. The molecule has 0 spiro atoms. The monoisotopic (exact) mass is 411 g/mol. The van der Waals surface area contributed by atoms with Crippen molar-refractivity contribution in [2.45, 2.75) is 0 Å². The lowest BCUT2D eigenvalue weighted by Crippen LogP contribution is -2.13. The van der Waals surface area contributed by atoms with E-state index in [1.165, 1.54) is 6.33 Å². The van der Waals surface area contributed by atoms with Crippen LogP contribution in [-0.4, -0.2) is 26.8 Å². The summed E-state index contributed by atoms with van der Waals surface area (Å²) in [5.74, 6) is -0.0422. The summed E-state index contributed by atoms with van der Waals surface area (Å²) < 4.78 is 5.94. The molecule has 2 aromatic carbocycles. The van der Waals surface area contributed by atoms with Gasteiger partial charge in [0.2, 0.25) is 11.8 Å². The number of primary amides is 1. The molecule has 0 aliphatic carbocycles. The Bertz CT molecular complexity index is 1230. The summed E-state index contributed by atoms with van der Waals surface area (Å²) >= 11 is 0. The highest BCUT2D eigenvalue weighted by Crippen LogP contribution is 2.30. The van der Waals surface area contributed by atoms with Crippen LogP contribution in [0.2, 0.25) is 0 Å². The maximum absolute atomic E-state index is 12.6. The van der Waals surface area contributed by atoms with Gasteiger partial charge in [0, 0.05) is 29.2 Å². The lowest BCUT2D eigenvalue weighted by atomic mass is 10.1. The maximum Gasteiger partial charge on any atom is 0.255 e. The molecule has 2 heterocycles. The number of benzene rings is 2. The van der Waals surface area contributed by atoms with Crippen molar-refractivity contribution in [3.63, 3.8) is 0 Å². The summed E-state index contributed by atoms with van der Waals surface area (Å²) in [6, 6.07) is 18.5. The number of carbonyl (C=O) groups is 2. The number of pyridine rings is 1. The van der Waals surface area contributed by atoms with Crippen molar-refractivity contribution < 1.29 is 14.3 Å². The SMILES string of the molecule is NC(=O)c1ccc(NC(=O)c2cccc(Oc3ncccc3-c3ccncn3)c2)cc1. The van der Waals surface area contributed by atoms with Gasteiger partial charge in [0.15, 0.2) is 0 Å². The molecule has 0 unspecified atom stereocenters. The molecular weight excluding hydrogens is 394 g/mol. The molecule has 0 fully saturated rings. The standard InChI is InChI=1S/C23H17N5O3/c24-21(29)15-6-8-17(9-7-15)28-22(30)16-3-1-4-18(13-16)31-23-19(5-2-11-26-23)20-10-12-25-14-27-20/h1-14H,(H2,24,29)(H,28,30). The number of amides is 2. The first-order chi connectivity index (χ1) is 15.1. The molecular formula is C23H17N5O3. The molecule has 8 heteroatoms. The Labute approximate surface area is 177 Å². The number of hydrogen-bond donors (Lipinski definition) is 2. The average Bonchev–Trinajstić information content (AvgIpc) is 2.80. The van der Waals surface area contributed by atoms with Crippen LogP contribution in [0.15, 0.2) is 85.5 Å². The van der Waals surface area contributed by atoms with Crippen LogP contribution in [0.5, 0.6) is 11.6 Å². The molecule has 31 heavy (non-hydrogen) atoms. The Balaban J connectivity index is 1.53. The number of nitrogens with zero attached hydrogens (tertiary/aromatic N) is 3. The minimum atomic E-state index is -0.529. The first-order valence-electron chi connectivity index (χ1n) is 9.31. The summed E-state index contributed by atoms with van der Waals surface area (Å²) in [7, 11) is 0. The van der Waals surface area contributed by atoms with Crippen molar-refractivity contribution >= 4 is 17.5 Å². The van der Waals surface area contributed by atoms with E-state index in [1.807, 2.05) is 6.07 Å². The molecule has 4 rings (SSSR count). The van der Waals surface area contributed by atoms with Crippen molar-refractivity contribution in [1.29, 1.82) is 0 Å². The van der Waals surface area contributed by atoms with E-state index < -0.39 is 5.91 Å². The fraction of sp³-hybridized carbons (Fsp3) is 0. The normalized spacial score (nSPS) is 10.3. The van der Waals surface area contributed by atoms with Gasteiger partial charge in [-0.3, -0.25) is 9.59 Å². The molecule has 4 aromatic rings. The van der Waals surface area contributed by atoms with Gasteiger partial charge >= 0.3 is 0 Å². The van der Waals surface area contributed by atoms with Crippen LogP contribution < -0.4 is 15.8 Å². The van der Waals surface area contributed by atoms with E-state index in [-0.39, 0.29) is 5.91 Å². The van der Waals surface area contributed by atoms with Crippen LogP contribution >= 0.6 is 0 Å². The summed E-state index contributed by atoms with van der Waals surface area (Å²) in [6.45, 7) is 0. The quantitative estimate of drug-likeness (QED) is 0.499. The van der Waals surface area contributed by atoms with Crippen LogP contribution in [0.25, 0.3) is 11.3 Å². The van der Waals surface area contributed by atoms with Crippen LogP contribution in [0.4, 0.5) is 5.69 Å². The van der Waals surface area contributed by atoms with Crippen molar-refractivity contribution in [3.8, 4) is 22.9 Å². The zero-order chi connectivity index (χ0) is 21.6. The smallest absolute Gasteiger partial charge is 0.255 e. The van der Waals surface area contributed by atoms with E-state index in [0.29, 0.717) is 39.7 Å². The summed E-state index contributed by atoms with van der Waals surface area (Å²) in [6.07, 6.45) is 4.71. The fourth-order valence-electron chi connectivity index (χ4n) is 2.85. The molecule has 2 aromatic heterocycles. The zero-order valence-corrected chi connectivity index (χ0v) is 16.2. The predicted octanol–water partition coefficient (Wildman–Crippen LogP) is 3.68. The van der Waals surface area contributed by atoms with Crippen LogP contribution in [0, 0.1) is 0 Å². The van der Waals surface area contributed by atoms with Crippen molar-refractivity contribution in [3.05, 3.63) is 96.6 Å². The third-order valence-corrected chi connectivity index (χ3v) is 4.37. The lowest BCUT2D eigenvalue weighted by Gasteiger charge is -2.11. The van der Waals surface area contributed by atoms with Gasteiger partial charge < -0.3 is 15.8 Å². The number of nitrogens with one attached hydrogen (secondary N) is 1. The molecule has 3 N–H and O–H groups in total. The third kappa shape index (κ3) is 4.70. The molecule has 8 nitrogen and oxygen atoms in total. The van der Waals surface area contributed by atoms with Gasteiger partial charge in [-0.25, -0.2) is 15.0 Å². The maximum atomic E-state index is 12.6.